The minimum atomic E-state index is -1.15. The SMILES string of the molecule is CC(C)C(CN)C(=O)N[C@H](CCO)C(=O)O. The van der Waals surface area contributed by atoms with E-state index >= 15 is 0 Å². The van der Waals surface area contributed by atoms with Gasteiger partial charge in [0.15, 0.2) is 0 Å². The molecule has 0 aliphatic carbocycles. The molecule has 94 valence electrons. The monoisotopic (exact) mass is 232 g/mol. The molecule has 0 aliphatic heterocycles. The first-order chi connectivity index (χ1) is 7.43. The predicted octanol–water partition coefficient (Wildman–Crippen LogP) is -0.831. The van der Waals surface area contributed by atoms with Gasteiger partial charge in [0.2, 0.25) is 5.91 Å². The zero-order chi connectivity index (χ0) is 12.7. The number of aliphatic hydroxyl groups is 1. The van der Waals surface area contributed by atoms with Crippen LogP contribution in [-0.4, -0.2) is 41.3 Å². The Bertz CT molecular complexity index is 243. The summed E-state index contributed by atoms with van der Waals surface area (Å²) in [6, 6.07) is -1.05. The number of rotatable bonds is 7. The number of aliphatic carboxylic acids is 1. The third-order valence-electron chi connectivity index (χ3n) is 2.43. The molecule has 0 bridgehead atoms. The van der Waals surface area contributed by atoms with Gasteiger partial charge in [0.1, 0.15) is 6.04 Å². The van der Waals surface area contributed by atoms with Gasteiger partial charge in [0.25, 0.3) is 0 Å². The third kappa shape index (κ3) is 4.59. The van der Waals surface area contributed by atoms with Crippen LogP contribution in [0.5, 0.6) is 0 Å². The van der Waals surface area contributed by atoms with Crippen LogP contribution >= 0.6 is 0 Å². The quantitative estimate of drug-likeness (QED) is 0.457. The normalized spacial score (nSPS) is 14.6. The number of nitrogens with one attached hydrogen (secondary N) is 1. The Labute approximate surface area is 94.8 Å². The van der Waals surface area contributed by atoms with Crippen LogP contribution in [0.25, 0.3) is 0 Å². The van der Waals surface area contributed by atoms with E-state index in [-0.39, 0.29) is 31.4 Å². The fraction of sp³-hybridized carbons (Fsp3) is 0.800. The van der Waals surface area contributed by atoms with Crippen LogP contribution in [0.2, 0.25) is 0 Å². The fourth-order valence-electron chi connectivity index (χ4n) is 1.35. The van der Waals surface area contributed by atoms with Crippen molar-refractivity contribution in [3.05, 3.63) is 0 Å². The van der Waals surface area contributed by atoms with Gasteiger partial charge in [-0.2, -0.15) is 0 Å². The van der Waals surface area contributed by atoms with Crippen molar-refractivity contribution in [2.75, 3.05) is 13.2 Å². The van der Waals surface area contributed by atoms with Crippen molar-refractivity contribution in [3.8, 4) is 0 Å². The van der Waals surface area contributed by atoms with Crippen molar-refractivity contribution in [3.63, 3.8) is 0 Å². The Kier molecular flexibility index (Phi) is 6.67. The molecule has 0 saturated carbocycles. The smallest absolute Gasteiger partial charge is 0.326 e. The van der Waals surface area contributed by atoms with Crippen LogP contribution in [-0.2, 0) is 9.59 Å². The molecule has 0 rings (SSSR count). The summed E-state index contributed by atoms with van der Waals surface area (Å²) in [5.41, 5.74) is 5.44. The molecule has 0 spiro atoms. The topological polar surface area (TPSA) is 113 Å². The maximum absolute atomic E-state index is 11.7. The average Bonchev–Trinajstić information content (AvgIpc) is 2.17. The second-order valence-corrected chi connectivity index (χ2v) is 4.00. The lowest BCUT2D eigenvalue weighted by atomic mass is 9.94. The molecule has 0 saturated heterocycles. The van der Waals surface area contributed by atoms with Crippen LogP contribution < -0.4 is 11.1 Å². The zero-order valence-electron chi connectivity index (χ0n) is 9.64. The van der Waals surface area contributed by atoms with Crippen molar-refractivity contribution in [2.45, 2.75) is 26.3 Å². The summed E-state index contributed by atoms with van der Waals surface area (Å²) in [6.45, 7) is 3.58. The molecule has 0 aromatic heterocycles. The molecule has 5 N–H and O–H groups in total. The van der Waals surface area contributed by atoms with E-state index in [0.29, 0.717) is 0 Å². The van der Waals surface area contributed by atoms with E-state index in [1.807, 2.05) is 13.8 Å². The minimum absolute atomic E-state index is 0.00351. The van der Waals surface area contributed by atoms with Crippen molar-refractivity contribution in [1.29, 1.82) is 0 Å². The van der Waals surface area contributed by atoms with E-state index in [1.54, 1.807) is 0 Å². The van der Waals surface area contributed by atoms with Gasteiger partial charge in [0.05, 0.1) is 5.92 Å². The lowest BCUT2D eigenvalue weighted by Crippen LogP contribution is -2.46. The van der Waals surface area contributed by atoms with Crippen molar-refractivity contribution < 1.29 is 19.8 Å². The van der Waals surface area contributed by atoms with Gasteiger partial charge in [-0.05, 0) is 5.92 Å². The second-order valence-electron chi connectivity index (χ2n) is 4.00. The Morgan fingerprint density at radius 1 is 1.38 bits per heavy atom. The van der Waals surface area contributed by atoms with Crippen LogP contribution in [0.1, 0.15) is 20.3 Å². The molecule has 0 aromatic carbocycles. The number of hydrogen-bond acceptors (Lipinski definition) is 4. The lowest BCUT2D eigenvalue weighted by molar-refractivity contribution is -0.143. The van der Waals surface area contributed by atoms with Crippen molar-refractivity contribution in [2.24, 2.45) is 17.6 Å². The number of carbonyl (C=O) groups is 2. The molecular weight excluding hydrogens is 212 g/mol. The summed E-state index contributed by atoms with van der Waals surface area (Å²) in [5, 5.41) is 19.8. The molecule has 0 radical (unpaired) electrons. The number of carboxylic acids is 1. The van der Waals surface area contributed by atoms with Gasteiger partial charge in [-0.15, -0.1) is 0 Å². The highest BCUT2D eigenvalue weighted by Gasteiger charge is 2.25. The Balaban J connectivity index is 4.43. The minimum Gasteiger partial charge on any atom is -0.480 e. The molecule has 0 heterocycles. The maximum Gasteiger partial charge on any atom is 0.326 e. The Morgan fingerprint density at radius 3 is 2.25 bits per heavy atom. The Hall–Kier alpha value is -1.14. The highest BCUT2D eigenvalue weighted by molar-refractivity contribution is 5.85. The van der Waals surface area contributed by atoms with E-state index in [1.165, 1.54) is 0 Å². The summed E-state index contributed by atoms with van der Waals surface area (Å²) in [6.07, 6.45) is -0.00351. The van der Waals surface area contributed by atoms with E-state index in [2.05, 4.69) is 5.32 Å². The largest absolute Gasteiger partial charge is 0.480 e. The fourth-order valence-corrected chi connectivity index (χ4v) is 1.35. The summed E-state index contributed by atoms with van der Waals surface area (Å²) in [5.74, 6) is -1.88. The van der Waals surface area contributed by atoms with Crippen molar-refractivity contribution >= 4 is 11.9 Å². The van der Waals surface area contributed by atoms with E-state index < -0.39 is 17.9 Å². The van der Waals surface area contributed by atoms with Gasteiger partial charge >= 0.3 is 5.97 Å². The van der Waals surface area contributed by atoms with Crippen LogP contribution in [0.4, 0.5) is 0 Å². The first-order valence-corrected chi connectivity index (χ1v) is 5.28. The number of carboxylic acid groups (broad SMARTS) is 1. The van der Waals surface area contributed by atoms with Gasteiger partial charge in [-0.1, -0.05) is 13.8 Å². The highest BCUT2D eigenvalue weighted by atomic mass is 16.4. The maximum atomic E-state index is 11.7. The molecule has 1 unspecified atom stereocenters. The number of amides is 1. The zero-order valence-corrected chi connectivity index (χ0v) is 9.64. The summed E-state index contributed by atoms with van der Waals surface area (Å²) in [4.78, 5) is 22.4. The third-order valence-corrected chi connectivity index (χ3v) is 2.43. The van der Waals surface area contributed by atoms with Crippen LogP contribution in [0.15, 0.2) is 0 Å². The molecule has 0 aromatic rings. The number of nitrogens with two attached hydrogens (primary N) is 1. The molecule has 16 heavy (non-hydrogen) atoms. The van der Waals surface area contributed by atoms with Crippen LogP contribution in [0, 0.1) is 11.8 Å². The van der Waals surface area contributed by atoms with E-state index in [9.17, 15) is 9.59 Å². The Morgan fingerprint density at radius 2 is 1.94 bits per heavy atom. The average molecular weight is 232 g/mol. The molecule has 2 atom stereocenters. The molecule has 6 heteroatoms. The van der Waals surface area contributed by atoms with E-state index in [0.717, 1.165) is 0 Å². The molecular formula is C10H20N2O4. The number of carbonyl (C=O) groups excluding carboxylic acids is 1. The number of hydrogen-bond donors (Lipinski definition) is 4. The lowest BCUT2D eigenvalue weighted by Gasteiger charge is -2.21. The van der Waals surface area contributed by atoms with Gasteiger partial charge < -0.3 is 21.3 Å². The summed E-state index contributed by atoms with van der Waals surface area (Å²) in [7, 11) is 0. The van der Waals surface area contributed by atoms with Gasteiger partial charge in [0, 0.05) is 19.6 Å². The standard InChI is InChI=1S/C10H20N2O4/c1-6(2)7(5-11)9(14)12-8(3-4-13)10(15)16/h6-8,13H,3-5,11H2,1-2H3,(H,12,14)(H,15,16)/t7?,8-/m1/s1. The predicted molar refractivity (Wildman–Crippen MR) is 58.7 cm³/mol. The van der Waals surface area contributed by atoms with Crippen molar-refractivity contribution in [1.82, 2.24) is 5.32 Å². The van der Waals surface area contributed by atoms with Gasteiger partial charge in [-0.25, -0.2) is 4.79 Å². The number of aliphatic hydroxyl groups excluding tert-OH is 1. The molecule has 0 aliphatic rings. The first kappa shape index (κ1) is 14.9. The second kappa shape index (κ2) is 7.19. The first-order valence-electron chi connectivity index (χ1n) is 5.28. The molecule has 6 nitrogen and oxygen atoms in total. The highest BCUT2D eigenvalue weighted by Crippen LogP contribution is 2.09. The van der Waals surface area contributed by atoms with Crippen LogP contribution in [0.3, 0.4) is 0 Å². The summed E-state index contributed by atoms with van der Waals surface area (Å²) >= 11 is 0. The van der Waals surface area contributed by atoms with Gasteiger partial charge in [-0.3, -0.25) is 4.79 Å². The summed E-state index contributed by atoms with van der Waals surface area (Å²) < 4.78 is 0. The van der Waals surface area contributed by atoms with E-state index in [4.69, 9.17) is 15.9 Å². The molecule has 0 fully saturated rings. The molecule has 1 amide bonds.